The van der Waals surface area contributed by atoms with E-state index in [9.17, 15) is 9.59 Å². The van der Waals surface area contributed by atoms with Crippen LogP contribution in [0.4, 0.5) is 5.69 Å². The number of amides is 1. The summed E-state index contributed by atoms with van der Waals surface area (Å²) in [6.45, 7) is 1.95. The maximum atomic E-state index is 12.6. The Morgan fingerprint density at radius 2 is 1.76 bits per heavy atom. The summed E-state index contributed by atoms with van der Waals surface area (Å²) in [4.78, 5) is 25.9. The van der Waals surface area contributed by atoms with E-state index in [1.165, 1.54) is 16.7 Å². The van der Waals surface area contributed by atoms with E-state index in [1.807, 2.05) is 42.5 Å². The second-order valence-corrected chi connectivity index (χ2v) is 6.66. The largest absolute Gasteiger partial charge is 0.465 e. The van der Waals surface area contributed by atoms with Crippen molar-refractivity contribution in [2.45, 2.75) is 12.7 Å². The predicted molar refractivity (Wildman–Crippen MR) is 103 cm³/mol. The van der Waals surface area contributed by atoms with E-state index < -0.39 is 5.97 Å². The summed E-state index contributed by atoms with van der Waals surface area (Å²) >= 11 is 7.37. The Morgan fingerprint density at radius 1 is 1.08 bits per heavy atom. The summed E-state index contributed by atoms with van der Waals surface area (Å²) in [5, 5.41) is 0.689. The molecule has 0 fully saturated rings. The van der Waals surface area contributed by atoms with Gasteiger partial charge in [-0.1, -0.05) is 41.9 Å². The molecule has 0 aliphatic heterocycles. The molecule has 0 heterocycles. The molecule has 132 valence electrons. The van der Waals surface area contributed by atoms with Crippen molar-refractivity contribution in [2.75, 3.05) is 23.8 Å². The van der Waals surface area contributed by atoms with Crippen molar-refractivity contribution in [1.82, 2.24) is 0 Å². The van der Waals surface area contributed by atoms with Gasteiger partial charge in [-0.3, -0.25) is 9.59 Å². The van der Waals surface area contributed by atoms with Crippen LogP contribution in [-0.2, 0) is 20.1 Å². The highest BCUT2D eigenvalue weighted by Gasteiger charge is 2.19. The molecule has 0 unspecified atom stereocenters. The highest BCUT2D eigenvalue weighted by atomic mass is 35.5. The number of para-hydroxylation sites is 1. The lowest BCUT2D eigenvalue weighted by Gasteiger charge is -2.21. The van der Waals surface area contributed by atoms with Crippen LogP contribution in [-0.4, -0.2) is 30.8 Å². The topological polar surface area (TPSA) is 46.6 Å². The number of hydrogen-bond donors (Lipinski definition) is 0. The van der Waals surface area contributed by atoms with Crippen LogP contribution in [0.15, 0.2) is 54.6 Å². The molecular weight excluding hydrogens is 358 g/mol. The highest BCUT2D eigenvalue weighted by molar-refractivity contribution is 7.99. The van der Waals surface area contributed by atoms with E-state index >= 15 is 0 Å². The molecule has 0 radical (unpaired) electrons. The van der Waals surface area contributed by atoms with Crippen LogP contribution >= 0.6 is 23.4 Å². The highest BCUT2D eigenvalue weighted by Crippen LogP contribution is 2.18. The molecule has 2 aromatic carbocycles. The van der Waals surface area contributed by atoms with Crippen molar-refractivity contribution in [1.29, 1.82) is 0 Å². The van der Waals surface area contributed by atoms with Gasteiger partial charge in [0.15, 0.2) is 0 Å². The van der Waals surface area contributed by atoms with Crippen LogP contribution in [0.2, 0.25) is 5.02 Å². The van der Waals surface area contributed by atoms with Gasteiger partial charge in [0.25, 0.3) is 0 Å². The Bertz CT molecular complexity index is 692. The minimum Gasteiger partial charge on any atom is -0.465 e. The average molecular weight is 378 g/mol. The molecule has 0 aromatic heterocycles. The van der Waals surface area contributed by atoms with Gasteiger partial charge in [-0.25, -0.2) is 0 Å². The minimum atomic E-state index is -0.414. The Labute approximate surface area is 157 Å². The zero-order valence-electron chi connectivity index (χ0n) is 14.0. The van der Waals surface area contributed by atoms with Crippen molar-refractivity contribution >= 4 is 40.9 Å². The van der Waals surface area contributed by atoms with Crippen LogP contribution < -0.4 is 4.90 Å². The summed E-state index contributed by atoms with van der Waals surface area (Å²) < 4.78 is 4.98. The number of benzene rings is 2. The van der Waals surface area contributed by atoms with Gasteiger partial charge >= 0.3 is 5.97 Å². The molecule has 0 aliphatic carbocycles. The molecule has 0 saturated carbocycles. The summed E-state index contributed by atoms with van der Waals surface area (Å²) in [7, 11) is 0. The van der Waals surface area contributed by atoms with Gasteiger partial charge in [0.1, 0.15) is 6.54 Å². The van der Waals surface area contributed by atoms with Gasteiger partial charge in [-0.15, -0.1) is 11.8 Å². The standard InChI is InChI=1S/C19H20ClNO3S/c1-2-24-19(23)12-21(17-6-4-3-5-7-17)18(22)14-25-13-15-8-10-16(20)11-9-15/h3-11H,2,12-14H2,1H3. The van der Waals surface area contributed by atoms with Crippen LogP contribution in [0, 0.1) is 0 Å². The van der Waals surface area contributed by atoms with E-state index in [0.717, 1.165) is 5.56 Å². The maximum absolute atomic E-state index is 12.6. The third kappa shape index (κ3) is 6.44. The summed E-state index contributed by atoms with van der Waals surface area (Å²) in [6, 6.07) is 16.7. The number of anilines is 1. The van der Waals surface area contributed by atoms with Gasteiger partial charge in [0, 0.05) is 16.5 Å². The lowest BCUT2D eigenvalue weighted by molar-refractivity contribution is -0.142. The molecule has 0 N–H and O–H groups in total. The van der Waals surface area contributed by atoms with E-state index in [4.69, 9.17) is 16.3 Å². The maximum Gasteiger partial charge on any atom is 0.326 e. The van der Waals surface area contributed by atoms with E-state index in [1.54, 1.807) is 19.1 Å². The smallest absolute Gasteiger partial charge is 0.326 e. The van der Waals surface area contributed by atoms with Gasteiger partial charge < -0.3 is 9.64 Å². The van der Waals surface area contributed by atoms with Crippen LogP contribution in [0.25, 0.3) is 0 Å². The fraction of sp³-hybridized carbons (Fsp3) is 0.263. The molecule has 0 atom stereocenters. The van der Waals surface area contributed by atoms with Gasteiger partial charge in [0.05, 0.1) is 12.4 Å². The number of rotatable bonds is 8. The predicted octanol–water partition coefficient (Wildman–Crippen LogP) is 4.17. The first-order chi connectivity index (χ1) is 12.1. The Kier molecular flexibility index (Phi) is 7.82. The quantitative estimate of drug-likeness (QED) is 0.648. The molecule has 0 aliphatic rings. The molecule has 6 heteroatoms. The molecule has 4 nitrogen and oxygen atoms in total. The van der Waals surface area contributed by atoms with Crippen molar-refractivity contribution in [3.8, 4) is 0 Å². The monoisotopic (exact) mass is 377 g/mol. The molecule has 2 aromatic rings. The van der Waals surface area contributed by atoms with Gasteiger partial charge in [-0.2, -0.15) is 0 Å². The third-order valence-electron chi connectivity index (χ3n) is 3.37. The Morgan fingerprint density at radius 3 is 2.40 bits per heavy atom. The second-order valence-electron chi connectivity index (χ2n) is 5.24. The number of ether oxygens (including phenoxy) is 1. The number of hydrogen-bond acceptors (Lipinski definition) is 4. The fourth-order valence-corrected chi connectivity index (χ4v) is 3.17. The van der Waals surface area contributed by atoms with Crippen LogP contribution in [0.3, 0.4) is 0 Å². The van der Waals surface area contributed by atoms with E-state index in [-0.39, 0.29) is 18.2 Å². The lowest BCUT2D eigenvalue weighted by atomic mass is 10.2. The van der Waals surface area contributed by atoms with Crippen molar-refractivity contribution < 1.29 is 14.3 Å². The first-order valence-electron chi connectivity index (χ1n) is 7.93. The van der Waals surface area contributed by atoms with Crippen molar-refractivity contribution in [2.24, 2.45) is 0 Å². The van der Waals surface area contributed by atoms with Gasteiger partial charge in [-0.05, 0) is 36.8 Å². The normalized spacial score (nSPS) is 10.3. The number of nitrogens with zero attached hydrogens (tertiary/aromatic N) is 1. The van der Waals surface area contributed by atoms with E-state index in [0.29, 0.717) is 23.1 Å². The Hall–Kier alpha value is -1.98. The number of esters is 1. The third-order valence-corrected chi connectivity index (χ3v) is 4.61. The molecule has 0 saturated heterocycles. The number of carbonyl (C=O) groups is 2. The molecule has 2 rings (SSSR count). The van der Waals surface area contributed by atoms with Crippen LogP contribution in [0.1, 0.15) is 12.5 Å². The molecule has 0 bridgehead atoms. The van der Waals surface area contributed by atoms with Crippen molar-refractivity contribution in [3.05, 3.63) is 65.2 Å². The number of carbonyl (C=O) groups excluding carboxylic acids is 2. The average Bonchev–Trinajstić information content (AvgIpc) is 2.62. The zero-order valence-corrected chi connectivity index (χ0v) is 15.6. The Balaban J connectivity index is 1.97. The number of thioether (sulfide) groups is 1. The first kappa shape index (κ1) is 19.3. The minimum absolute atomic E-state index is 0.0851. The summed E-state index contributed by atoms with van der Waals surface area (Å²) in [5.74, 6) is 0.433. The summed E-state index contributed by atoms with van der Waals surface area (Å²) in [5.41, 5.74) is 1.78. The second kappa shape index (κ2) is 10.1. The van der Waals surface area contributed by atoms with Crippen LogP contribution in [0.5, 0.6) is 0 Å². The zero-order chi connectivity index (χ0) is 18.1. The number of halogens is 1. The van der Waals surface area contributed by atoms with E-state index in [2.05, 4.69) is 0 Å². The summed E-state index contributed by atoms with van der Waals surface area (Å²) in [6.07, 6.45) is 0. The van der Waals surface area contributed by atoms with Gasteiger partial charge in [0.2, 0.25) is 5.91 Å². The first-order valence-corrected chi connectivity index (χ1v) is 9.46. The molecule has 1 amide bonds. The lowest BCUT2D eigenvalue weighted by Crippen LogP contribution is -2.37. The SMILES string of the molecule is CCOC(=O)CN(C(=O)CSCc1ccc(Cl)cc1)c1ccccc1. The molecule has 25 heavy (non-hydrogen) atoms. The van der Waals surface area contributed by atoms with Crippen molar-refractivity contribution in [3.63, 3.8) is 0 Å². The fourth-order valence-electron chi connectivity index (χ4n) is 2.18. The molecular formula is C19H20ClNO3S. The molecule has 0 spiro atoms.